The molecule has 1 aromatic carbocycles. The second-order valence-electron chi connectivity index (χ2n) is 4.49. The lowest BCUT2D eigenvalue weighted by Crippen LogP contribution is -2.11. The first-order valence-electron chi connectivity index (χ1n) is 6.74. The van der Waals surface area contributed by atoms with Gasteiger partial charge in [-0.25, -0.2) is 23.5 Å². The number of rotatable bonds is 3. The van der Waals surface area contributed by atoms with Crippen molar-refractivity contribution in [1.82, 2.24) is 9.97 Å². The largest absolute Gasteiger partial charge is 0.372 e. The fourth-order valence-corrected chi connectivity index (χ4v) is 3.18. The fourth-order valence-electron chi connectivity index (χ4n) is 1.77. The maximum Gasteiger partial charge on any atom is 0.238 e. The lowest BCUT2D eigenvalue weighted by Gasteiger charge is -2.05. The first kappa shape index (κ1) is 18.3. The number of hydrogen-bond donors (Lipinski definition) is 2. The monoisotopic (exact) mass is 382 g/mol. The zero-order chi connectivity index (χ0) is 17.6. The summed E-state index contributed by atoms with van der Waals surface area (Å²) in [5.41, 5.74) is 0.979. The van der Waals surface area contributed by atoms with Crippen molar-refractivity contribution in [3.63, 3.8) is 0 Å². The topological polar surface area (TPSA) is 98.0 Å². The molecule has 0 fully saturated rings. The highest BCUT2D eigenvalue weighted by Crippen LogP contribution is 2.29. The third kappa shape index (κ3) is 5.00. The van der Waals surface area contributed by atoms with Gasteiger partial charge >= 0.3 is 0 Å². The summed E-state index contributed by atoms with van der Waals surface area (Å²) < 4.78 is 21.2. The molecular formula is C15H15ClN4O2S2. The molecule has 0 unspecified atom stereocenters. The number of benzene rings is 1. The number of sulfonamides is 1. The molecule has 0 bridgehead atoms. The van der Waals surface area contributed by atoms with Gasteiger partial charge in [-0.1, -0.05) is 24.3 Å². The van der Waals surface area contributed by atoms with Crippen LogP contribution in [0.5, 0.6) is 0 Å². The van der Waals surface area contributed by atoms with Crippen LogP contribution in [-0.2, 0) is 10.0 Å². The van der Waals surface area contributed by atoms with Crippen LogP contribution in [0.25, 0.3) is 10.4 Å². The van der Waals surface area contributed by atoms with Crippen molar-refractivity contribution in [1.29, 1.82) is 0 Å². The van der Waals surface area contributed by atoms with Gasteiger partial charge in [-0.2, -0.15) is 0 Å². The van der Waals surface area contributed by atoms with Crippen LogP contribution in [0.4, 0.5) is 5.82 Å². The molecule has 0 saturated carbocycles. The Hall–Kier alpha value is -2.00. The van der Waals surface area contributed by atoms with E-state index in [1.807, 2.05) is 24.6 Å². The number of thiophene rings is 1. The summed E-state index contributed by atoms with van der Waals surface area (Å²) in [7, 11) is -1.69. The molecule has 3 N–H and O–H groups in total. The number of primary sulfonamides is 1. The van der Waals surface area contributed by atoms with Gasteiger partial charge in [0, 0.05) is 18.1 Å². The first-order valence-corrected chi connectivity index (χ1v) is 9.54. The van der Waals surface area contributed by atoms with Crippen molar-refractivity contribution in [2.45, 2.75) is 4.90 Å². The highest BCUT2D eigenvalue weighted by molar-refractivity contribution is 7.89. The van der Waals surface area contributed by atoms with Gasteiger partial charge in [-0.3, -0.25) is 0 Å². The molecule has 3 rings (SSSR count). The van der Waals surface area contributed by atoms with Crippen molar-refractivity contribution in [2.24, 2.45) is 5.14 Å². The van der Waals surface area contributed by atoms with Crippen LogP contribution in [0, 0.1) is 0 Å². The zero-order valence-electron chi connectivity index (χ0n) is 12.7. The smallest absolute Gasteiger partial charge is 0.238 e. The average Bonchev–Trinajstić information content (AvgIpc) is 3.09. The molecule has 0 radical (unpaired) electrons. The number of hydrogen-bond acceptors (Lipinski definition) is 6. The van der Waals surface area contributed by atoms with E-state index >= 15 is 0 Å². The summed E-state index contributed by atoms with van der Waals surface area (Å²) in [5.74, 6) is 0.757. The summed E-state index contributed by atoms with van der Waals surface area (Å²) in [4.78, 5) is 9.34. The minimum Gasteiger partial charge on any atom is -0.372 e. The molecule has 0 aliphatic rings. The lowest BCUT2D eigenvalue weighted by molar-refractivity contribution is 0.598. The molecule has 6 nitrogen and oxygen atoms in total. The molecule has 2 aromatic heterocycles. The second kappa shape index (κ2) is 8.20. The van der Waals surface area contributed by atoms with E-state index < -0.39 is 10.0 Å². The molecule has 0 aliphatic heterocycles. The standard InChI is InChI=1S/C9H8ClN3S.C6H7NO2S/c1-11-8-6(5-12-9(10)13-8)7-3-2-4-14-7;7-10(8,9)6-4-2-1-3-5-6/h2-5H,1H3,(H,11,12,13);1-5H,(H2,7,8,9). The molecule has 0 saturated heterocycles. The van der Waals surface area contributed by atoms with Crippen LogP contribution < -0.4 is 10.5 Å². The SMILES string of the molecule is CNc1nc(Cl)ncc1-c1cccs1.NS(=O)(=O)c1ccccc1. The summed E-state index contributed by atoms with van der Waals surface area (Å²) in [6.45, 7) is 0. The van der Waals surface area contributed by atoms with Crippen LogP contribution in [0.3, 0.4) is 0 Å². The summed E-state index contributed by atoms with van der Waals surface area (Å²) in [6.07, 6.45) is 1.73. The van der Waals surface area contributed by atoms with Crippen molar-refractivity contribution in [3.05, 3.63) is 59.3 Å². The van der Waals surface area contributed by atoms with Crippen LogP contribution in [0.1, 0.15) is 0 Å². The van der Waals surface area contributed by atoms with Crippen LogP contribution >= 0.6 is 22.9 Å². The Bertz CT molecular complexity index is 885. The van der Waals surface area contributed by atoms with E-state index in [1.165, 1.54) is 12.1 Å². The fraction of sp³-hybridized carbons (Fsp3) is 0.0667. The van der Waals surface area contributed by atoms with E-state index in [9.17, 15) is 8.42 Å². The summed E-state index contributed by atoms with van der Waals surface area (Å²) >= 11 is 7.35. The Morgan fingerprint density at radius 1 is 1.17 bits per heavy atom. The van der Waals surface area contributed by atoms with Crippen molar-refractivity contribution >= 4 is 38.8 Å². The average molecular weight is 383 g/mol. The van der Waals surface area contributed by atoms with Crippen LogP contribution in [0.2, 0.25) is 5.28 Å². The summed E-state index contributed by atoms with van der Waals surface area (Å²) in [5, 5.41) is 10.1. The van der Waals surface area contributed by atoms with E-state index in [2.05, 4.69) is 15.3 Å². The first-order chi connectivity index (χ1) is 11.4. The lowest BCUT2D eigenvalue weighted by atomic mass is 10.2. The van der Waals surface area contributed by atoms with Gasteiger partial charge in [0.1, 0.15) is 5.82 Å². The predicted molar refractivity (Wildman–Crippen MR) is 97.7 cm³/mol. The van der Waals surface area contributed by atoms with E-state index in [0.717, 1.165) is 16.3 Å². The molecule has 0 spiro atoms. The third-order valence-electron chi connectivity index (χ3n) is 2.85. The molecule has 126 valence electrons. The number of anilines is 1. The zero-order valence-corrected chi connectivity index (χ0v) is 15.1. The van der Waals surface area contributed by atoms with Gasteiger partial charge in [0.25, 0.3) is 0 Å². The molecular weight excluding hydrogens is 368 g/mol. The van der Waals surface area contributed by atoms with E-state index in [-0.39, 0.29) is 10.2 Å². The van der Waals surface area contributed by atoms with Crippen molar-refractivity contribution in [2.75, 3.05) is 12.4 Å². The summed E-state index contributed by atoms with van der Waals surface area (Å²) in [6, 6.07) is 11.9. The van der Waals surface area contributed by atoms with Crippen LogP contribution in [-0.4, -0.2) is 25.4 Å². The van der Waals surface area contributed by atoms with Crippen molar-refractivity contribution < 1.29 is 8.42 Å². The second-order valence-corrected chi connectivity index (χ2v) is 7.33. The third-order valence-corrected chi connectivity index (χ3v) is 4.87. The van der Waals surface area contributed by atoms with E-state index in [4.69, 9.17) is 16.7 Å². The van der Waals surface area contributed by atoms with Crippen molar-refractivity contribution in [3.8, 4) is 10.4 Å². The van der Waals surface area contributed by atoms with Crippen LogP contribution in [0.15, 0.2) is 58.9 Å². The van der Waals surface area contributed by atoms with Gasteiger partial charge < -0.3 is 5.32 Å². The molecule has 2 heterocycles. The van der Waals surface area contributed by atoms with Gasteiger partial charge in [-0.15, -0.1) is 11.3 Å². The minimum atomic E-state index is -3.50. The van der Waals surface area contributed by atoms with Gasteiger partial charge in [-0.05, 0) is 35.2 Å². The predicted octanol–water partition coefficient (Wildman–Crippen LogP) is 3.23. The van der Waals surface area contributed by atoms with Gasteiger partial charge in [0.15, 0.2) is 0 Å². The molecule has 24 heavy (non-hydrogen) atoms. The van der Waals surface area contributed by atoms with Gasteiger partial charge in [0.05, 0.1) is 10.5 Å². The number of nitrogens with one attached hydrogen (secondary N) is 1. The molecule has 0 amide bonds. The number of nitrogens with two attached hydrogens (primary N) is 1. The Morgan fingerprint density at radius 3 is 2.38 bits per heavy atom. The molecule has 0 aliphatic carbocycles. The number of aromatic nitrogens is 2. The Morgan fingerprint density at radius 2 is 1.88 bits per heavy atom. The van der Waals surface area contributed by atoms with E-state index in [1.54, 1.807) is 35.7 Å². The van der Waals surface area contributed by atoms with E-state index in [0.29, 0.717) is 0 Å². The normalized spacial score (nSPS) is 10.6. The Balaban J connectivity index is 0.000000185. The molecule has 9 heteroatoms. The Labute approximate surface area is 149 Å². The highest BCUT2D eigenvalue weighted by Gasteiger charge is 2.07. The maximum atomic E-state index is 10.6. The maximum absolute atomic E-state index is 10.6. The molecule has 0 atom stereocenters. The number of halogens is 1. The minimum absolute atomic E-state index is 0.148. The van der Waals surface area contributed by atoms with Gasteiger partial charge in [0.2, 0.25) is 15.3 Å². The molecule has 3 aromatic rings. The Kier molecular flexibility index (Phi) is 6.27. The quantitative estimate of drug-likeness (QED) is 0.677. The number of nitrogens with zero attached hydrogens (tertiary/aromatic N) is 2. The highest BCUT2D eigenvalue weighted by atomic mass is 35.5.